The lowest BCUT2D eigenvalue weighted by Gasteiger charge is -2.45. The molecule has 0 bridgehead atoms. The topological polar surface area (TPSA) is 9.23 Å². The first-order chi connectivity index (χ1) is 11.9. The number of fused-ring (bicyclic) bond motifs is 1. The summed E-state index contributed by atoms with van der Waals surface area (Å²) in [5.74, 6) is 2.77. The van der Waals surface area contributed by atoms with E-state index in [-0.39, 0.29) is 5.04 Å². The van der Waals surface area contributed by atoms with E-state index in [9.17, 15) is 0 Å². The van der Waals surface area contributed by atoms with Crippen LogP contribution in [-0.2, 0) is 4.43 Å². The molecule has 0 radical (unpaired) electrons. The summed E-state index contributed by atoms with van der Waals surface area (Å²) in [5.41, 5.74) is 0. The quantitative estimate of drug-likeness (QED) is 0.732. The lowest BCUT2D eigenvalue weighted by Crippen LogP contribution is -2.67. The summed E-state index contributed by atoms with van der Waals surface area (Å²) < 4.78 is 7.22. The fraction of sp³-hybridized carbons (Fsp3) is 0.478. The fourth-order valence-electron chi connectivity index (χ4n) is 5.16. The summed E-state index contributed by atoms with van der Waals surface area (Å²) in [6.07, 6.45) is 2.95. The van der Waals surface area contributed by atoms with Gasteiger partial charge in [0.05, 0.1) is 0 Å². The van der Waals surface area contributed by atoms with Crippen LogP contribution in [0.15, 0.2) is 60.7 Å². The van der Waals surface area contributed by atoms with Gasteiger partial charge in [0.1, 0.15) is 0 Å². The highest BCUT2D eigenvalue weighted by molar-refractivity contribution is 6.99. The monoisotopic (exact) mass is 350 g/mol. The van der Waals surface area contributed by atoms with Crippen LogP contribution in [0.4, 0.5) is 0 Å². The van der Waals surface area contributed by atoms with Crippen LogP contribution >= 0.6 is 0 Å². The maximum atomic E-state index is 7.22. The van der Waals surface area contributed by atoms with Crippen LogP contribution in [0.1, 0.15) is 40.5 Å². The molecule has 2 aliphatic carbocycles. The van der Waals surface area contributed by atoms with Crippen LogP contribution in [0.3, 0.4) is 0 Å². The van der Waals surface area contributed by atoms with Gasteiger partial charge in [0.15, 0.2) is 0 Å². The van der Waals surface area contributed by atoms with E-state index in [1.807, 2.05) is 0 Å². The molecule has 0 spiro atoms. The Morgan fingerprint density at radius 2 is 1.24 bits per heavy atom. The average Bonchev–Trinajstić information content (AvgIpc) is 3.02. The Kier molecular flexibility index (Phi) is 4.16. The molecule has 2 fully saturated rings. The second-order valence-corrected chi connectivity index (χ2v) is 13.3. The van der Waals surface area contributed by atoms with Gasteiger partial charge in [0.25, 0.3) is 8.32 Å². The number of hydrogen-bond donors (Lipinski definition) is 0. The predicted octanol–water partition coefficient (Wildman–Crippen LogP) is 4.61. The molecule has 132 valence electrons. The van der Waals surface area contributed by atoms with E-state index in [0.717, 1.165) is 17.8 Å². The molecule has 0 heterocycles. The largest absolute Gasteiger partial charge is 0.404 e. The molecule has 2 aromatic rings. The fourth-order valence-corrected chi connectivity index (χ4v) is 9.86. The molecule has 0 aliphatic heterocycles. The van der Waals surface area contributed by atoms with Gasteiger partial charge < -0.3 is 4.43 Å². The van der Waals surface area contributed by atoms with Crippen LogP contribution < -0.4 is 10.4 Å². The molecule has 1 nitrogen and oxygen atoms in total. The smallest absolute Gasteiger partial charge is 0.261 e. The molecule has 2 aliphatic rings. The van der Waals surface area contributed by atoms with E-state index in [1.165, 1.54) is 23.2 Å². The Balaban J connectivity index is 1.79. The molecule has 0 amide bonds. The summed E-state index contributed by atoms with van der Waals surface area (Å²) in [5, 5.41) is 2.90. The number of benzene rings is 2. The Labute approximate surface area is 153 Å². The van der Waals surface area contributed by atoms with Gasteiger partial charge in [-0.2, -0.15) is 0 Å². The number of rotatable bonds is 4. The Morgan fingerprint density at radius 1 is 0.800 bits per heavy atom. The van der Waals surface area contributed by atoms with Crippen LogP contribution in [0.2, 0.25) is 5.04 Å². The third-order valence-electron chi connectivity index (χ3n) is 6.59. The van der Waals surface area contributed by atoms with Crippen LogP contribution in [0, 0.1) is 17.8 Å². The summed E-state index contributed by atoms with van der Waals surface area (Å²) in [6.45, 7) is 9.53. The third-order valence-corrected chi connectivity index (χ3v) is 11.7. The molecule has 2 heteroatoms. The summed E-state index contributed by atoms with van der Waals surface area (Å²) in [6, 6.07) is 22.1. The Hall–Kier alpha value is -1.38. The second kappa shape index (κ2) is 6.10. The molecular formula is C23H30OSi. The van der Waals surface area contributed by atoms with Crippen LogP contribution in [0.5, 0.6) is 0 Å². The molecule has 4 rings (SSSR count). The first kappa shape index (κ1) is 17.1. The van der Waals surface area contributed by atoms with Crippen molar-refractivity contribution in [3.8, 4) is 0 Å². The molecule has 2 unspecified atom stereocenters. The molecular weight excluding hydrogens is 320 g/mol. The van der Waals surface area contributed by atoms with Gasteiger partial charge in [-0.1, -0.05) is 88.4 Å². The third kappa shape index (κ3) is 2.80. The van der Waals surface area contributed by atoms with Crippen molar-refractivity contribution in [2.24, 2.45) is 17.8 Å². The van der Waals surface area contributed by atoms with Crippen molar-refractivity contribution in [2.45, 2.75) is 51.7 Å². The standard InChI is InChI=1S/C23H30OSi/c1-17-21-15-18(16-22(17)21)24-25(23(2,3)4,19-11-7-5-8-12-19)20-13-9-6-10-14-20/h5-14,17-18,21-22H,15-16H2,1-4H3/t17?,18?,21-,22+. The van der Waals surface area contributed by atoms with E-state index < -0.39 is 8.32 Å². The van der Waals surface area contributed by atoms with E-state index >= 15 is 0 Å². The van der Waals surface area contributed by atoms with Gasteiger partial charge >= 0.3 is 0 Å². The van der Waals surface area contributed by atoms with Gasteiger partial charge in [0.2, 0.25) is 0 Å². The van der Waals surface area contributed by atoms with E-state index in [2.05, 4.69) is 88.4 Å². The maximum absolute atomic E-state index is 7.22. The second-order valence-electron chi connectivity index (χ2n) is 9.06. The summed E-state index contributed by atoms with van der Waals surface area (Å²) in [4.78, 5) is 0. The number of hydrogen-bond acceptors (Lipinski definition) is 1. The minimum atomic E-state index is -2.35. The lowest BCUT2D eigenvalue weighted by molar-refractivity contribution is 0.174. The zero-order valence-corrected chi connectivity index (χ0v) is 16.9. The van der Waals surface area contributed by atoms with Gasteiger partial charge in [-0.25, -0.2) is 0 Å². The maximum Gasteiger partial charge on any atom is 0.261 e. The van der Waals surface area contributed by atoms with Gasteiger partial charge in [0, 0.05) is 6.10 Å². The van der Waals surface area contributed by atoms with Crippen molar-refractivity contribution in [1.82, 2.24) is 0 Å². The lowest BCUT2D eigenvalue weighted by atomic mass is 10.1. The average molecular weight is 351 g/mol. The first-order valence-corrected chi connectivity index (χ1v) is 11.6. The van der Waals surface area contributed by atoms with Crippen molar-refractivity contribution >= 4 is 18.7 Å². The van der Waals surface area contributed by atoms with Gasteiger partial charge in [-0.3, -0.25) is 0 Å². The highest BCUT2D eigenvalue weighted by atomic mass is 28.4. The minimum absolute atomic E-state index is 0.0914. The van der Waals surface area contributed by atoms with Crippen LogP contribution in [-0.4, -0.2) is 14.4 Å². The normalized spacial score (nSPS) is 28.6. The zero-order chi connectivity index (χ0) is 17.7. The van der Waals surface area contributed by atoms with Gasteiger partial charge in [-0.05, 0) is 46.0 Å². The molecule has 2 aromatic carbocycles. The van der Waals surface area contributed by atoms with Gasteiger partial charge in [-0.15, -0.1) is 0 Å². The molecule has 0 saturated heterocycles. The van der Waals surface area contributed by atoms with E-state index in [0.29, 0.717) is 6.10 Å². The zero-order valence-electron chi connectivity index (χ0n) is 15.9. The Morgan fingerprint density at radius 3 is 1.64 bits per heavy atom. The molecule has 4 atom stereocenters. The summed E-state index contributed by atoms with van der Waals surface area (Å²) in [7, 11) is -2.35. The predicted molar refractivity (Wildman–Crippen MR) is 108 cm³/mol. The van der Waals surface area contributed by atoms with E-state index in [1.54, 1.807) is 0 Å². The molecule has 2 saturated carbocycles. The van der Waals surface area contributed by atoms with E-state index in [4.69, 9.17) is 4.43 Å². The van der Waals surface area contributed by atoms with Crippen LogP contribution in [0.25, 0.3) is 0 Å². The Bertz CT molecular complexity index is 667. The minimum Gasteiger partial charge on any atom is -0.404 e. The SMILES string of the molecule is CC1[C@H]2CC(O[Si](c3ccccc3)(c3ccccc3)C(C)(C)C)C[C@@H]12. The van der Waals surface area contributed by atoms with Crippen molar-refractivity contribution in [1.29, 1.82) is 0 Å². The van der Waals surface area contributed by atoms with Crippen molar-refractivity contribution in [3.63, 3.8) is 0 Å². The highest BCUT2D eigenvalue weighted by Crippen LogP contribution is 2.58. The summed E-state index contributed by atoms with van der Waals surface area (Å²) >= 11 is 0. The van der Waals surface area contributed by atoms with Crippen molar-refractivity contribution in [2.75, 3.05) is 0 Å². The molecule has 25 heavy (non-hydrogen) atoms. The molecule has 0 aromatic heterocycles. The highest BCUT2D eigenvalue weighted by Gasteiger charge is 2.57. The van der Waals surface area contributed by atoms with Crippen molar-refractivity contribution < 1.29 is 4.43 Å². The van der Waals surface area contributed by atoms with Crippen molar-refractivity contribution in [3.05, 3.63) is 60.7 Å². The molecule has 0 N–H and O–H groups in total. The first-order valence-electron chi connectivity index (χ1n) is 9.72.